The lowest BCUT2D eigenvalue weighted by molar-refractivity contribution is -0.121. The maximum atomic E-state index is 12.7. The van der Waals surface area contributed by atoms with Gasteiger partial charge in [-0.05, 0) is 82.6 Å². The maximum absolute atomic E-state index is 12.7. The SMILES string of the molecule is CCOC(=O)c1cc(C)n(CC2CCC(C(=O)Nc3ccc(CC)cc3)CC2)c1C. The van der Waals surface area contributed by atoms with E-state index in [1.165, 1.54) is 5.56 Å². The molecule has 162 valence electrons. The number of benzene rings is 1. The predicted molar refractivity (Wildman–Crippen MR) is 120 cm³/mol. The number of amides is 1. The number of nitrogens with zero attached hydrogens (tertiary/aromatic N) is 1. The third-order valence-electron chi connectivity index (χ3n) is 6.36. The number of aryl methyl sites for hydroxylation is 2. The van der Waals surface area contributed by atoms with Crippen LogP contribution in [0, 0.1) is 25.7 Å². The molecule has 2 aromatic rings. The molecule has 1 aromatic heterocycles. The number of ether oxygens (including phenoxy) is 1. The van der Waals surface area contributed by atoms with Crippen LogP contribution in [0.4, 0.5) is 5.69 Å². The smallest absolute Gasteiger partial charge is 0.339 e. The quantitative estimate of drug-likeness (QED) is 0.631. The van der Waals surface area contributed by atoms with Gasteiger partial charge in [-0.15, -0.1) is 0 Å². The number of anilines is 1. The van der Waals surface area contributed by atoms with Gasteiger partial charge in [-0.25, -0.2) is 4.79 Å². The molecule has 1 heterocycles. The highest BCUT2D eigenvalue weighted by molar-refractivity contribution is 5.92. The maximum Gasteiger partial charge on any atom is 0.339 e. The first-order valence-corrected chi connectivity index (χ1v) is 11.2. The van der Waals surface area contributed by atoms with Crippen LogP contribution in [0.15, 0.2) is 30.3 Å². The molecular weight excluding hydrogens is 376 g/mol. The fourth-order valence-corrected chi connectivity index (χ4v) is 4.43. The van der Waals surface area contributed by atoms with E-state index in [0.717, 1.165) is 55.7 Å². The third-order valence-corrected chi connectivity index (χ3v) is 6.36. The van der Waals surface area contributed by atoms with Crippen LogP contribution < -0.4 is 5.32 Å². The molecule has 1 N–H and O–H groups in total. The molecule has 0 aliphatic heterocycles. The molecule has 1 saturated carbocycles. The first-order valence-electron chi connectivity index (χ1n) is 11.2. The van der Waals surface area contributed by atoms with E-state index in [0.29, 0.717) is 18.1 Å². The minimum atomic E-state index is -0.246. The molecule has 1 aromatic carbocycles. The standard InChI is InChI=1S/C25H34N2O3/c1-5-19-9-13-22(14-10-19)26-24(28)21-11-7-20(8-12-21)16-27-17(3)15-23(18(27)4)25(29)30-6-2/h9-10,13-15,20-21H,5-8,11-12,16H2,1-4H3,(H,26,28). The summed E-state index contributed by atoms with van der Waals surface area (Å²) >= 11 is 0. The molecule has 1 aliphatic rings. The van der Waals surface area contributed by atoms with E-state index < -0.39 is 0 Å². The van der Waals surface area contributed by atoms with Crippen molar-refractivity contribution in [3.63, 3.8) is 0 Å². The van der Waals surface area contributed by atoms with Crippen LogP contribution in [0.3, 0.4) is 0 Å². The summed E-state index contributed by atoms with van der Waals surface area (Å²) in [4.78, 5) is 24.8. The number of hydrogen-bond acceptors (Lipinski definition) is 3. The summed E-state index contributed by atoms with van der Waals surface area (Å²) in [6.07, 6.45) is 4.87. The Morgan fingerprint density at radius 3 is 2.33 bits per heavy atom. The second-order valence-electron chi connectivity index (χ2n) is 8.37. The van der Waals surface area contributed by atoms with E-state index in [4.69, 9.17) is 4.74 Å². The molecule has 30 heavy (non-hydrogen) atoms. The lowest BCUT2D eigenvalue weighted by Crippen LogP contribution is -2.28. The van der Waals surface area contributed by atoms with Gasteiger partial charge < -0.3 is 14.6 Å². The molecule has 0 saturated heterocycles. The number of carbonyl (C=O) groups is 2. The Labute approximate surface area is 179 Å². The first kappa shape index (κ1) is 22.1. The van der Waals surface area contributed by atoms with E-state index in [2.05, 4.69) is 28.9 Å². The summed E-state index contributed by atoms with van der Waals surface area (Å²) in [5.74, 6) is 0.492. The lowest BCUT2D eigenvalue weighted by atomic mass is 9.81. The molecule has 0 spiro atoms. The molecule has 0 atom stereocenters. The molecule has 0 bridgehead atoms. The zero-order chi connectivity index (χ0) is 21.7. The topological polar surface area (TPSA) is 60.3 Å². The van der Waals surface area contributed by atoms with Crippen molar-refractivity contribution in [1.82, 2.24) is 4.57 Å². The Balaban J connectivity index is 1.54. The molecule has 1 aliphatic carbocycles. The molecule has 5 heteroatoms. The largest absolute Gasteiger partial charge is 0.462 e. The van der Waals surface area contributed by atoms with Crippen molar-refractivity contribution in [2.75, 3.05) is 11.9 Å². The summed E-state index contributed by atoms with van der Waals surface area (Å²) < 4.78 is 7.40. The van der Waals surface area contributed by atoms with Crippen molar-refractivity contribution in [1.29, 1.82) is 0 Å². The Hall–Kier alpha value is -2.56. The summed E-state index contributed by atoms with van der Waals surface area (Å²) in [5, 5.41) is 3.08. The van der Waals surface area contributed by atoms with E-state index in [1.54, 1.807) is 0 Å². The number of hydrogen-bond donors (Lipinski definition) is 1. The summed E-state index contributed by atoms with van der Waals surface area (Å²) in [6.45, 7) is 9.26. The average molecular weight is 411 g/mol. The molecule has 1 fully saturated rings. The predicted octanol–water partition coefficient (Wildman–Crippen LogP) is 5.29. The monoisotopic (exact) mass is 410 g/mol. The third kappa shape index (κ3) is 5.13. The van der Waals surface area contributed by atoms with Crippen molar-refractivity contribution in [2.24, 2.45) is 11.8 Å². The van der Waals surface area contributed by atoms with Crippen LogP contribution >= 0.6 is 0 Å². The van der Waals surface area contributed by atoms with Gasteiger partial charge in [0.05, 0.1) is 12.2 Å². The highest BCUT2D eigenvalue weighted by atomic mass is 16.5. The van der Waals surface area contributed by atoms with Crippen molar-refractivity contribution >= 4 is 17.6 Å². The van der Waals surface area contributed by atoms with Crippen molar-refractivity contribution in [3.8, 4) is 0 Å². The summed E-state index contributed by atoms with van der Waals surface area (Å²) in [5.41, 5.74) is 4.88. The van der Waals surface area contributed by atoms with Crippen LogP contribution in [-0.4, -0.2) is 23.1 Å². The van der Waals surface area contributed by atoms with Crippen molar-refractivity contribution in [3.05, 3.63) is 52.8 Å². The van der Waals surface area contributed by atoms with E-state index >= 15 is 0 Å². The Bertz CT molecular complexity index is 875. The molecule has 0 radical (unpaired) electrons. The molecule has 5 nitrogen and oxygen atoms in total. The van der Waals surface area contributed by atoms with Gasteiger partial charge in [-0.1, -0.05) is 19.1 Å². The van der Waals surface area contributed by atoms with Crippen LogP contribution in [0.2, 0.25) is 0 Å². The second kappa shape index (κ2) is 9.96. The van der Waals surface area contributed by atoms with E-state index in [1.807, 2.05) is 39.0 Å². The molecule has 1 amide bonds. The average Bonchev–Trinajstić information content (AvgIpc) is 3.03. The normalized spacial score (nSPS) is 18.8. The van der Waals surface area contributed by atoms with E-state index in [9.17, 15) is 9.59 Å². The minimum Gasteiger partial charge on any atom is -0.462 e. The zero-order valence-electron chi connectivity index (χ0n) is 18.7. The van der Waals surface area contributed by atoms with Gasteiger partial charge in [0.25, 0.3) is 0 Å². The van der Waals surface area contributed by atoms with Gasteiger partial charge >= 0.3 is 5.97 Å². The Kier molecular flexibility index (Phi) is 7.35. The lowest BCUT2D eigenvalue weighted by Gasteiger charge is -2.29. The van der Waals surface area contributed by atoms with Gasteiger partial charge in [-0.3, -0.25) is 4.79 Å². The minimum absolute atomic E-state index is 0.0778. The highest BCUT2D eigenvalue weighted by Crippen LogP contribution is 2.32. The van der Waals surface area contributed by atoms with E-state index in [-0.39, 0.29) is 17.8 Å². The van der Waals surface area contributed by atoms with Crippen LogP contribution in [0.5, 0.6) is 0 Å². The number of carbonyl (C=O) groups excluding carboxylic acids is 2. The van der Waals surface area contributed by atoms with Gasteiger partial charge in [-0.2, -0.15) is 0 Å². The van der Waals surface area contributed by atoms with Crippen LogP contribution in [0.1, 0.15) is 66.8 Å². The molecule has 0 unspecified atom stereocenters. The van der Waals surface area contributed by atoms with Gasteiger partial charge in [0.1, 0.15) is 0 Å². The summed E-state index contributed by atoms with van der Waals surface area (Å²) in [7, 11) is 0. The number of esters is 1. The second-order valence-corrected chi connectivity index (χ2v) is 8.37. The highest BCUT2D eigenvalue weighted by Gasteiger charge is 2.27. The van der Waals surface area contributed by atoms with Gasteiger partial charge in [0, 0.05) is 29.5 Å². The van der Waals surface area contributed by atoms with Crippen molar-refractivity contribution < 1.29 is 14.3 Å². The van der Waals surface area contributed by atoms with Gasteiger partial charge in [0.2, 0.25) is 5.91 Å². The van der Waals surface area contributed by atoms with Crippen LogP contribution in [-0.2, 0) is 22.5 Å². The fraction of sp³-hybridized carbons (Fsp3) is 0.520. The van der Waals surface area contributed by atoms with Crippen LogP contribution in [0.25, 0.3) is 0 Å². The first-order chi connectivity index (χ1) is 14.4. The molecule has 3 rings (SSSR count). The fourth-order valence-electron chi connectivity index (χ4n) is 4.43. The number of nitrogens with one attached hydrogen (secondary N) is 1. The number of aromatic nitrogens is 1. The zero-order valence-corrected chi connectivity index (χ0v) is 18.7. The number of rotatable bonds is 7. The Morgan fingerprint density at radius 1 is 1.07 bits per heavy atom. The van der Waals surface area contributed by atoms with Crippen molar-refractivity contribution in [2.45, 2.75) is 66.3 Å². The summed E-state index contributed by atoms with van der Waals surface area (Å²) in [6, 6.07) is 10.0. The molecular formula is C25H34N2O3. The van der Waals surface area contributed by atoms with Gasteiger partial charge in [0.15, 0.2) is 0 Å². The Morgan fingerprint density at radius 2 is 1.73 bits per heavy atom.